The number of hydrogen-bond acceptors (Lipinski definition) is 8. The maximum atomic E-state index is 5.90. The van der Waals surface area contributed by atoms with E-state index >= 15 is 0 Å². The van der Waals surface area contributed by atoms with Crippen molar-refractivity contribution in [2.24, 2.45) is 10.8 Å². The second kappa shape index (κ2) is 9.35. The minimum absolute atomic E-state index is 0.0696. The molecule has 0 aliphatic carbocycles. The first-order valence-electron chi connectivity index (χ1n) is 12.4. The summed E-state index contributed by atoms with van der Waals surface area (Å²) in [6, 6.07) is 0. The summed E-state index contributed by atoms with van der Waals surface area (Å²) >= 11 is 0. The highest BCUT2D eigenvalue weighted by Gasteiger charge is 2.59. The third-order valence-electron chi connectivity index (χ3n) is 7.54. The van der Waals surface area contributed by atoms with E-state index in [1.54, 1.807) is 0 Å². The molecule has 0 aromatic rings. The second-order valence-electron chi connectivity index (χ2n) is 13.6. The zero-order chi connectivity index (χ0) is 25.8. The second-order valence-corrected chi connectivity index (χ2v) is 13.6. The van der Waals surface area contributed by atoms with Crippen molar-refractivity contribution in [3.8, 4) is 0 Å². The predicted molar refractivity (Wildman–Crippen MR) is 135 cm³/mol. The van der Waals surface area contributed by atoms with Gasteiger partial charge in [0.25, 0.3) is 0 Å². The average Bonchev–Trinajstić information content (AvgIpc) is 3.01. The normalized spacial score (nSPS) is 30.7. The predicted octanol–water partition coefficient (Wildman–Crippen LogP) is 3.44. The molecule has 4 aliphatic rings. The standard InChI is InChI=1S/2C11H22B2O4/c2*1-9(2)7-14-12(15-8-9)13-16-10(3,4)11(5,6)17-13/h2*7-8H2,1-6H3. The van der Waals surface area contributed by atoms with Crippen LogP contribution in [-0.4, -0.2) is 76.9 Å². The van der Waals surface area contributed by atoms with E-state index in [0.29, 0.717) is 26.4 Å². The third-order valence-corrected chi connectivity index (χ3v) is 7.54. The Bertz CT molecular complexity index is 616. The molecule has 0 saturated carbocycles. The van der Waals surface area contributed by atoms with Crippen LogP contribution in [0.1, 0.15) is 83.1 Å². The molecule has 8 nitrogen and oxygen atoms in total. The Kier molecular flexibility index (Phi) is 7.84. The lowest BCUT2D eigenvalue weighted by Gasteiger charge is -2.33. The van der Waals surface area contributed by atoms with E-state index in [1.165, 1.54) is 0 Å². The average molecular weight is 480 g/mol. The third kappa shape index (κ3) is 6.25. The molecule has 0 N–H and O–H groups in total. The molecule has 0 spiro atoms. The van der Waals surface area contributed by atoms with Gasteiger partial charge in [0.2, 0.25) is 0 Å². The molecule has 192 valence electrons. The van der Waals surface area contributed by atoms with E-state index in [9.17, 15) is 0 Å². The quantitative estimate of drug-likeness (QED) is 0.558. The van der Waals surface area contributed by atoms with Gasteiger partial charge < -0.3 is 37.2 Å². The summed E-state index contributed by atoms with van der Waals surface area (Å²) in [6.45, 7) is 27.4. The molecule has 4 heterocycles. The molecule has 34 heavy (non-hydrogen) atoms. The van der Waals surface area contributed by atoms with E-state index in [0.717, 1.165) is 0 Å². The van der Waals surface area contributed by atoms with E-state index in [-0.39, 0.29) is 33.2 Å². The smallest absolute Gasteiger partial charge is 0.413 e. The Morgan fingerprint density at radius 1 is 0.353 bits per heavy atom. The van der Waals surface area contributed by atoms with Gasteiger partial charge in [0.15, 0.2) is 0 Å². The highest BCUT2D eigenvalue weighted by atomic mass is 16.7. The van der Waals surface area contributed by atoms with E-state index in [2.05, 4.69) is 27.7 Å². The monoisotopic (exact) mass is 480 g/mol. The summed E-state index contributed by atoms with van der Waals surface area (Å²) in [4.78, 5) is 0. The largest absolute Gasteiger partial charge is 0.488 e. The zero-order valence-electron chi connectivity index (χ0n) is 23.4. The van der Waals surface area contributed by atoms with E-state index in [1.807, 2.05) is 55.4 Å². The van der Waals surface area contributed by atoms with Crippen molar-refractivity contribution in [3.63, 3.8) is 0 Å². The van der Waals surface area contributed by atoms with Crippen LogP contribution in [0, 0.1) is 10.8 Å². The van der Waals surface area contributed by atoms with Gasteiger partial charge in [-0.15, -0.1) is 0 Å². The maximum absolute atomic E-state index is 5.90. The summed E-state index contributed by atoms with van der Waals surface area (Å²) in [5, 5.41) is 0. The minimum atomic E-state index is -0.434. The lowest BCUT2D eigenvalue weighted by molar-refractivity contribution is 0.00578. The Morgan fingerprint density at radius 2 is 0.559 bits per heavy atom. The molecular weight excluding hydrogens is 435 g/mol. The molecule has 0 amide bonds. The number of hydrogen-bond donors (Lipinski definition) is 0. The molecular formula is C22H44B4O8. The molecule has 0 radical (unpaired) electrons. The van der Waals surface area contributed by atoms with Crippen molar-refractivity contribution in [2.45, 2.75) is 105 Å². The molecule has 4 aliphatic heterocycles. The van der Waals surface area contributed by atoms with Gasteiger partial charge in [-0.05, 0) is 55.4 Å². The SMILES string of the molecule is CC1(C)COB(B2OC(C)(C)C(C)(C)O2)OC1.CC1(C)COB(B2OC(C)(C)C(C)(C)O2)OC1. The fraction of sp³-hybridized carbons (Fsp3) is 1.00. The molecule has 4 fully saturated rings. The van der Waals surface area contributed by atoms with Crippen LogP contribution < -0.4 is 0 Å². The molecule has 0 atom stereocenters. The van der Waals surface area contributed by atoms with Crippen molar-refractivity contribution in [2.75, 3.05) is 26.4 Å². The lowest BCUT2D eigenvalue weighted by atomic mass is 9.48. The van der Waals surface area contributed by atoms with E-state index in [4.69, 9.17) is 37.2 Å². The minimum Gasteiger partial charge on any atom is -0.413 e. The van der Waals surface area contributed by atoms with Crippen LogP contribution in [0.3, 0.4) is 0 Å². The van der Waals surface area contributed by atoms with Crippen molar-refractivity contribution >= 4 is 28.0 Å². The first-order chi connectivity index (χ1) is 15.3. The maximum Gasteiger partial charge on any atom is 0.488 e. The lowest BCUT2D eigenvalue weighted by Crippen LogP contribution is -2.51. The fourth-order valence-electron chi connectivity index (χ4n) is 3.72. The Labute approximate surface area is 208 Å². The van der Waals surface area contributed by atoms with Crippen molar-refractivity contribution in [1.82, 2.24) is 0 Å². The van der Waals surface area contributed by atoms with Gasteiger partial charge in [0.05, 0.1) is 22.4 Å². The summed E-state index contributed by atoms with van der Waals surface area (Å²) in [6.07, 6.45) is 0. The van der Waals surface area contributed by atoms with Crippen LogP contribution in [-0.2, 0) is 37.2 Å². The molecule has 0 bridgehead atoms. The van der Waals surface area contributed by atoms with Crippen LogP contribution in [0.15, 0.2) is 0 Å². The zero-order valence-corrected chi connectivity index (χ0v) is 23.4. The fourth-order valence-corrected chi connectivity index (χ4v) is 3.72. The van der Waals surface area contributed by atoms with Gasteiger partial charge in [0.1, 0.15) is 0 Å². The summed E-state index contributed by atoms with van der Waals surface area (Å²) < 4.78 is 46.4. The van der Waals surface area contributed by atoms with Crippen molar-refractivity contribution in [3.05, 3.63) is 0 Å². The molecule has 4 saturated heterocycles. The van der Waals surface area contributed by atoms with Gasteiger partial charge in [0, 0.05) is 37.3 Å². The summed E-state index contributed by atoms with van der Waals surface area (Å²) in [7, 11) is -1.69. The Hall–Kier alpha value is -0.0603. The molecule has 12 heteroatoms. The molecule has 0 unspecified atom stereocenters. The summed E-state index contributed by atoms with van der Waals surface area (Å²) in [5.41, 5.74) is -1.20. The van der Waals surface area contributed by atoms with Gasteiger partial charge in [-0.2, -0.15) is 0 Å². The van der Waals surface area contributed by atoms with Gasteiger partial charge in [-0.1, -0.05) is 27.7 Å². The van der Waals surface area contributed by atoms with Gasteiger partial charge in [-0.3, -0.25) is 0 Å². The first-order valence-corrected chi connectivity index (χ1v) is 12.4. The van der Waals surface area contributed by atoms with Crippen LogP contribution in [0.4, 0.5) is 0 Å². The molecule has 0 aromatic heterocycles. The van der Waals surface area contributed by atoms with Crippen LogP contribution in [0.5, 0.6) is 0 Å². The van der Waals surface area contributed by atoms with Crippen LogP contribution >= 0.6 is 0 Å². The first kappa shape index (κ1) is 28.5. The van der Waals surface area contributed by atoms with Gasteiger partial charge >= 0.3 is 28.0 Å². The van der Waals surface area contributed by atoms with E-state index < -0.39 is 28.0 Å². The number of rotatable bonds is 2. The highest BCUT2D eigenvalue weighted by Crippen LogP contribution is 2.39. The highest BCUT2D eigenvalue weighted by molar-refractivity contribution is 7.11. The summed E-state index contributed by atoms with van der Waals surface area (Å²) in [5.74, 6) is 0. The Balaban J connectivity index is 0.000000191. The van der Waals surface area contributed by atoms with Gasteiger partial charge in [-0.25, -0.2) is 0 Å². The Morgan fingerprint density at radius 3 is 0.765 bits per heavy atom. The van der Waals surface area contributed by atoms with Crippen LogP contribution in [0.2, 0.25) is 0 Å². The van der Waals surface area contributed by atoms with Crippen molar-refractivity contribution < 1.29 is 37.2 Å². The topological polar surface area (TPSA) is 73.8 Å². The molecule has 0 aromatic carbocycles. The molecule has 4 rings (SSSR count). The van der Waals surface area contributed by atoms with Crippen molar-refractivity contribution in [1.29, 1.82) is 0 Å². The van der Waals surface area contributed by atoms with Crippen LogP contribution in [0.25, 0.3) is 0 Å².